The molecule has 0 aliphatic rings. The van der Waals surface area contributed by atoms with Gasteiger partial charge in [-0.2, -0.15) is 0 Å². The average Bonchev–Trinajstić information content (AvgIpc) is 3.05. The first-order valence-corrected chi connectivity index (χ1v) is 8.25. The third-order valence-electron chi connectivity index (χ3n) is 3.73. The van der Waals surface area contributed by atoms with Gasteiger partial charge >= 0.3 is 0 Å². The van der Waals surface area contributed by atoms with Crippen LogP contribution < -0.4 is 10.1 Å². The predicted molar refractivity (Wildman–Crippen MR) is 91.8 cm³/mol. The lowest BCUT2D eigenvalue weighted by molar-refractivity contribution is -0.125. The van der Waals surface area contributed by atoms with Crippen molar-refractivity contribution in [1.29, 1.82) is 0 Å². The molecule has 0 aliphatic heterocycles. The minimum atomic E-state index is -0.265. The minimum absolute atomic E-state index is 0.0152. The molecule has 2 rings (SSSR count). The monoisotopic (exact) mass is 334 g/mol. The molecule has 124 valence electrons. The topological polar surface area (TPSA) is 61.8 Å². The fraction of sp³-hybridized carbons (Fsp3) is 0.353. The fourth-order valence-corrected chi connectivity index (χ4v) is 2.84. The van der Waals surface area contributed by atoms with Crippen LogP contribution in [0.2, 0.25) is 0 Å². The highest BCUT2D eigenvalue weighted by Crippen LogP contribution is 2.26. The summed E-state index contributed by atoms with van der Waals surface area (Å²) < 4.78 is 5.03. The SMILES string of the molecule is COc1ccc(CN(C)C(C)C(=O)NCc2cccs2)cc1O. The Hall–Kier alpha value is -2.05. The molecule has 1 unspecified atom stereocenters. The second-order valence-electron chi connectivity index (χ2n) is 5.39. The van der Waals surface area contributed by atoms with Gasteiger partial charge in [-0.15, -0.1) is 11.3 Å². The molecular weight excluding hydrogens is 312 g/mol. The number of nitrogens with one attached hydrogen (secondary N) is 1. The summed E-state index contributed by atoms with van der Waals surface area (Å²) in [6, 6.07) is 8.97. The Balaban J connectivity index is 1.89. The van der Waals surface area contributed by atoms with Crippen LogP contribution in [0.5, 0.6) is 11.5 Å². The van der Waals surface area contributed by atoms with Crippen LogP contribution in [0.4, 0.5) is 0 Å². The van der Waals surface area contributed by atoms with E-state index in [2.05, 4.69) is 5.32 Å². The standard InChI is InChI=1S/C17H22N2O3S/c1-12(17(21)18-10-14-5-4-8-23-14)19(2)11-13-6-7-16(22-3)15(20)9-13/h4-9,12,20H,10-11H2,1-3H3,(H,18,21). The molecule has 1 aromatic carbocycles. The third kappa shape index (κ3) is 4.71. The lowest BCUT2D eigenvalue weighted by Crippen LogP contribution is -2.42. The number of methoxy groups -OCH3 is 1. The van der Waals surface area contributed by atoms with Crippen molar-refractivity contribution in [3.63, 3.8) is 0 Å². The normalized spacial score (nSPS) is 12.2. The molecule has 1 amide bonds. The van der Waals surface area contributed by atoms with Gasteiger partial charge in [0.15, 0.2) is 11.5 Å². The number of ether oxygens (including phenoxy) is 1. The molecule has 0 spiro atoms. The number of likely N-dealkylation sites (N-methyl/N-ethyl adjacent to an activating group) is 1. The van der Waals surface area contributed by atoms with E-state index in [-0.39, 0.29) is 17.7 Å². The number of hydrogen-bond acceptors (Lipinski definition) is 5. The van der Waals surface area contributed by atoms with E-state index in [1.54, 1.807) is 23.5 Å². The molecule has 5 nitrogen and oxygen atoms in total. The van der Waals surface area contributed by atoms with Gasteiger partial charge in [-0.05, 0) is 43.1 Å². The van der Waals surface area contributed by atoms with Gasteiger partial charge in [0.1, 0.15) is 0 Å². The third-order valence-corrected chi connectivity index (χ3v) is 4.61. The zero-order chi connectivity index (χ0) is 16.8. The molecular formula is C17H22N2O3S. The van der Waals surface area contributed by atoms with Gasteiger partial charge in [0, 0.05) is 11.4 Å². The lowest BCUT2D eigenvalue weighted by atomic mass is 10.1. The maximum absolute atomic E-state index is 12.2. The predicted octanol–water partition coefficient (Wildman–Crippen LogP) is 2.60. The van der Waals surface area contributed by atoms with Crippen molar-refractivity contribution in [3.05, 3.63) is 46.2 Å². The summed E-state index contributed by atoms with van der Waals surface area (Å²) in [5, 5.41) is 14.8. The molecule has 1 heterocycles. The number of aromatic hydroxyl groups is 1. The Morgan fingerprint density at radius 3 is 2.83 bits per heavy atom. The Kier molecular flexibility index (Phi) is 6.01. The minimum Gasteiger partial charge on any atom is -0.504 e. The highest BCUT2D eigenvalue weighted by molar-refractivity contribution is 7.09. The van der Waals surface area contributed by atoms with Crippen molar-refractivity contribution in [2.24, 2.45) is 0 Å². The molecule has 2 N–H and O–H groups in total. The summed E-state index contributed by atoms with van der Waals surface area (Å²) in [7, 11) is 3.40. The van der Waals surface area contributed by atoms with Crippen LogP contribution in [0.15, 0.2) is 35.7 Å². The Labute approximate surface area is 140 Å². The van der Waals surface area contributed by atoms with Crippen molar-refractivity contribution < 1.29 is 14.6 Å². The van der Waals surface area contributed by atoms with Crippen LogP contribution in [-0.4, -0.2) is 36.1 Å². The quantitative estimate of drug-likeness (QED) is 0.817. The van der Waals surface area contributed by atoms with Crippen LogP contribution in [0, 0.1) is 0 Å². The smallest absolute Gasteiger partial charge is 0.237 e. The number of phenols is 1. The van der Waals surface area contributed by atoms with E-state index in [4.69, 9.17) is 4.74 Å². The van der Waals surface area contributed by atoms with Crippen LogP contribution in [0.1, 0.15) is 17.4 Å². The number of thiophene rings is 1. The summed E-state index contributed by atoms with van der Waals surface area (Å²) in [4.78, 5) is 15.3. The second-order valence-corrected chi connectivity index (χ2v) is 6.43. The van der Waals surface area contributed by atoms with Gasteiger partial charge in [-0.3, -0.25) is 9.69 Å². The fourth-order valence-electron chi connectivity index (χ4n) is 2.19. The van der Waals surface area contributed by atoms with E-state index < -0.39 is 0 Å². The van der Waals surface area contributed by atoms with Crippen molar-refractivity contribution in [2.45, 2.75) is 26.1 Å². The summed E-state index contributed by atoms with van der Waals surface area (Å²) >= 11 is 1.62. The number of hydrogen-bond donors (Lipinski definition) is 2. The molecule has 0 radical (unpaired) electrons. The summed E-state index contributed by atoms with van der Waals surface area (Å²) in [6.45, 7) is 2.98. The molecule has 1 aromatic heterocycles. The van der Waals surface area contributed by atoms with Crippen LogP contribution >= 0.6 is 11.3 Å². The van der Waals surface area contributed by atoms with Crippen molar-refractivity contribution >= 4 is 17.2 Å². The number of benzene rings is 1. The van der Waals surface area contributed by atoms with Crippen LogP contribution in [-0.2, 0) is 17.9 Å². The number of nitrogens with zero attached hydrogens (tertiary/aromatic N) is 1. The van der Waals surface area contributed by atoms with E-state index in [0.29, 0.717) is 18.8 Å². The van der Waals surface area contributed by atoms with E-state index in [9.17, 15) is 9.90 Å². The van der Waals surface area contributed by atoms with Crippen molar-refractivity contribution in [2.75, 3.05) is 14.2 Å². The van der Waals surface area contributed by atoms with Gasteiger partial charge in [0.2, 0.25) is 5.91 Å². The van der Waals surface area contributed by atoms with Gasteiger partial charge in [0.25, 0.3) is 0 Å². The number of carbonyl (C=O) groups is 1. The summed E-state index contributed by atoms with van der Waals surface area (Å²) in [5.74, 6) is 0.532. The molecule has 0 saturated carbocycles. The first-order valence-electron chi connectivity index (χ1n) is 7.37. The maximum Gasteiger partial charge on any atom is 0.237 e. The van der Waals surface area contributed by atoms with E-state index in [1.165, 1.54) is 7.11 Å². The number of rotatable bonds is 7. The molecule has 2 aromatic rings. The van der Waals surface area contributed by atoms with E-state index in [0.717, 1.165) is 10.4 Å². The zero-order valence-electron chi connectivity index (χ0n) is 13.6. The summed E-state index contributed by atoms with van der Waals surface area (Å²) in [6.07, 6.45) is 0. The van der Waals surface area contributed by atoms with Gasteiger partial charge < -0.3 is 15.2 Å². The molecule has 0 aliphatic carbocycles. The second kappa shape index (κ2) is 7.99. The molecule has 6 heteroatoms. The van der Waals surface area contributed by atoms with Crippen LogP contribution in [0.3, 0.4) is 0 Å². The average molecular weight is 334 g/mol. The largest absolute Gasteiger partial charge is 0.504 e. The zero-order valence-corrected chi connectivity index (χ0v) is 14.4. The highest BCUT2D eigenvalue weighted by Gasteiger charge is 2.18. The Bertz CT molecular complexity index is 643. The first kappa shape index (κ1) is 17.3. The molecule has 23 heavy (non-hydrogen) atoms. The van der Waals surface area contributed by atoms with Crippen LogP contribution in [0.25, 0.3) is 0 Å². The maximum atomic E-state index is 12.2. The van der Waals surface area contributed by atoms with E-state index >= 15 is 0 Å². The van der Waals surface area contributed by atoms with Gasteiger partial charge in [-0.25, -0.2) is 0 Å². The Morgan fingerprint density at radius 2 is 2.22 bits per heavy atom. The van der Waals surface area contributed by atoms with Gasteiger partial charge in [-0.1, -0.05) is 12.1 Å². The van der Waals surface area contributed by atoms with Crippen molar-refractivity contribution in [1.82, 2.24) is 10.2 Å². The summed E-state index contributed by atoms with van der Waals surface area (Å²) in [5.41, 5.74) is 0.920. The number of phenolic OH excluding ortho intramolecular Hbond substituents is 1. The molecule has 0 bridgehead atoms. The number of carbonyl (C=O) groups excluding carboxylic acids is 1. The molecule has 0 saturated heterocycles. The Morgan fingerprint density at radius 1 is 1.43 bits per heavy atom. The van der Waals surface area contributed by atoms with Gasteiger partial charge in [0.05, 0.1) is 19.7 Å². The molecule has 0 fully saturated rings. The first-order chi connectivity index (χ1) is 11.0. The lowest BCUT2D eigenvalue weighted by Gasteiger charge is -2.24. The number of amides is 1. The highest BCUT2D eigenvalue weighted by atomic mass is 32.1. The van der Waals surface area contributed by atoms with E-state index in [1.807, 2.05) is 42.5 Å². The molecule has 1 atom stereocenters. The van der Waals surface area contributed by atoms with Crippen molar-refractivity contribution in [3.8, 4) is 11.5 Å².